The van der Waals surface area contributed by atoms with E-state index in [0.29, 0.717) is 18.6 Å². The number of aryl methyl sites for hydroxylation is 2. The van der Waals surface area contributed by atoms with Crippen LogP contribution >= 0.6 is 11.3 Å². The fourth-order valence-corrected chi connectivity index (χ4v) is 3.22. The zero-order chi connectivity index (χ0) is 25.6. The molecule has 0 aliphatic carbocycles. The molecule has 2 rings (SSSR count). The molecule has 2 aromatic rings. The largest absolute Gasteiger partial charge is 0.489 e. The number of carbonyl (C=O) groups is 1. The zero-order valence-electron chi connectivity index (χ0n) is 21.7. The number of rotatable bonds is 9. The van der Waals surface area contributed by atoms with Crippen molar-refractivity contribution >= 4 is 17.6 Å². The fourth-order valence-electron chi connectivity index (χ4n) is 2.58. The molecule has 1 unspecified atom stereocenters. The molecule has 5 heteroatoms. The van der Waals surface area contributed by atoms with E-state index in [1.807, 2.05) is 37.4 Å². The van der Waals surface area contributed by atoms with Crippen molar-refractivity contribution in [2.45, 2.75) is 79.9 Å². The molecule has 34 heavy (non-hydrogen) atoms. The average molecular weight is 483 g/mol. The lowest BCUT2D eigenvalue weighted by Crippen LogP contribution is -2.19. The van der Waals surface area contributed by atoms with Crippen LogP contribution in [0.5, 0.6) is 5.75 Å². The van der Waals surface area contributed by atoms with Crippen molar-refractivity contribution in [1.29, 1.82) is 5.26 Å². The van der Waals surface area contributed by atoms with Crippen molar-refractivity contribution in [3.8, 4) is 11.9 Å². The molecule has 0 radical (unpaired) electrons. The van der Waals surface area contributed by atoms with Crippen LogP contribution in [0.15, 0.2) is 60.0 Å². The molecular weight excluding hydrogens is 440 g/mol. The Labute approximate surface area is 211 Å². The second-order valence-corrected chi connectivity index (χ2v) is 9.63. The van der Waals surface area contributed by atoms with E-state index in [1.54, 1.807) is 11.3 Å². The summed E-state index contributed by atoms with van der Waals surface area (Å²) in [5.74, 6) is 1.58. The summed E-state index contributed by atoms with van der Waals surface area (Å²) in [5.41, 5.74) is 2.42. The third-order valence-electron chi connectivity index (χ3n) is 4.58. The Hall–Kier alpha value is -2.84. The monoisotopic (exact) mass is 482 g/mol. The Balaban J connectivity index is 0.000000602. The zero-order valence-corrected chi connectivity index (χ0v) is 22.5. The quantitative estimate of drug-likeness (QED) is 0.224. The van der Waals surface area contributed by atoms with Crippen LogP contribution in [0.4, 0.5) is 0 Å². The number of carbonyl (C=O) groups excluding carboxylic acids is 1. The molecule has 0 bridgehead atoms. The number of aldehydes is 1. The SMILES string of the molecule is CC(C)CCC=O.CCCC(C)NC#N.Cc1ccc(OCc2cccccc(C)sc2)cc1. The number of hydrogen-bond donors (Lipinski definition) is 1. The highest BCUT2D eigenvalue weighted by molar-refractivity contribution is 7.09. The molecule has 1 heterocycles. The third-order valence-corrected chi connectivity index (χ3v) is 5.51. The van der Waals surface area contributed by atoms with E-state index in [-0.39, 0.29) is 0 Å². The molecule has 0 aliphatic rings. The van der Waals surface area contributed by atoms with Crippen LogP contribution in [0.3, 0.4) is 0 Å². The molecule has 186 valence electrons. The van der Waals surface area contributed by atoms with Crippen molar-refractivity contribution in [3.05, 3.63) is 76.0 Å². The van der Waals surface area contributed by atoms with Gasteiger partial charge in [-0.25, -0.2) is 0 Å². The van der Waals surface area contributed by atoms with Crippen molar-refractivity contribution in [2.75, 3.05) is 0 Å². The number of ether oxygens (including phenoxy) is 1. The molecule has 1 aromatic carbocycles. The van der Waals surface area contributed by atoms with Crippen molar-refractivity contribution in [3.63, 3.8) is 0 Å². The van der Waals surface area contributed by atoms with Gasteiger partial charge in [-0.15, -0.1) is 11.3 Å². The highest BCUT2D eigenvalue weighted by Crippen LogP contribution is 2.14. The molecule has 0 saturated heterocycles. The highest BCUT2D eigenvalue weighted by Gasteiger charge is 1.95. The second kappa shape index (κ2) is 20.7. The first kappa shape index (κ1) is 31.2. The molecule has 0 aliphatic heterocycles. The van der Waals surface area contributed by atoms with Crippen LogP contribution in [-0.2, 0) is 11.4 Å². The van der Waals surface area contributed by atoms with E-state index in [0.717, 1.165) is 37.7 Å². The standard InChI is InChI=1S/C17H18OS.C6H12N2.C6H12O/c1-14-8-10-17(11-9-14)18-12-16-7-5-3-4-6-15(2)19-13-16;1-3-4-6(2)8-5-7;1-6(2)4-3-5-7/h3-11,13H,12H2,1-2H3;6,8H,3-4H2,1-2H3;5-6H,3-4H2,1-2H3. The van der Waals surface area contributed by atoms with Gasteiger partial charge < -0.3 is 14.8 Å². The molecule has 0 fully saturated rings. The van der Waals surface area contributed by atoms with Crippen molar-refractivity contribution in [1.82, 2.24) is 5.32 Å². The van der Waals surface area contributed by atoms with Gasteiger partial charge in [0.25, 0.3) is 0 Å². The number of nitrogens with one attached hydrogen (secondary N) is 1. The molecular formula is C29H42N2O2S. The first-order valence-corrected chi connectivity index (χ1v) is 12.8. The maximum Gasteiger partial charge on any atom is 0.176 e. The second-order valence-electron chi connectivity index (χ2n) is 8.52. The average Bonchev–Trinajstić information content (AvgIpc) is 2.90. The van der Waals surface area contributed by atoms with E-state index in [1.165, 1.54) is 16.0 Å². The van der Waals surface area contributed by atoms with E-state index in [4.69, 9.17) is 10.00 Å². The molecule has 1 aromatic heterocycles. The highest BCUT2D eigenvalue weighted by atomic mass is 32.1. The third kappa shape index (κ3) is 18.7. The van der Waals surface area contributed by atoms with E-state index < -0.39 is 0 Å². The van der Waals surface area contributed by atoms with Crippen LogP contribution in [0, 0.1) is 31.2 Å². The summed E-state index contributed by atoms with van der Waals surface area (Å²) in [6, 6.07) is 18.8. The van der Waals surface area contributed by atoms with Gasteiger partial charge >= 0.3 is 0 Å². The molecule has 0 saturated carbocycles. The molecule has 0 spiro atoms. The fraction of sp³-hybridized carbons (Fsp3) is 0.448. The summed E-state index contributed by atoms with van der Waals surface area (Å²) in [6.45, 7) is 13.1. The number of nitriles is 1. The van der Waals surface area contributed by atoms with Gasteiger partial charge in [-0.05, 0) is 68.7 Å². The van der Waals surface area contributed by atoms with Gasteiger partial charge in [-0.2, -0.15) is 5.26 Å². The van der Waals surface area contributed by atoms with Crippen LogP contribution in [0.25, 0.3) is 0 Å². The molecule has 4 nitrogen and oxygen atoms in total. The minimum atomic E-state index is 0.352. The van der Waals surface area contributed by atoms with Crippen LogP contribution in [0.2, 0.25) is 0 Å². The summed E-state index contributed by atoms with van der Waals surface area (Å²) in [7, 11) is 0. The molecule has 1 N–H and O–H groups in total. The Bertz CT molecular complexity index is 868. The minimum Gasteiger partial charge on any atom is -0.489 e. The summed E-state index contributed by atoms with van der Waals surface area (Å²) in [4.78, 5) is 11.0. The topological polar surface area (TPSA) is 62.1 Å². The van der Waals surface area contributed by atoms with Crippen molar-refractivity contribution in [2.24, 2.45) is 5.92 Å². The summed E-state index contributed by atoms with van der Waals surface area (Å²) >= 11 is 1.73. The molecule has 0 amide bonds. The lowest BCUT2D eigenvalue weighted by molar-refractivity contribution is -0.108. The molecule has 1 atom stereocenters. The van der Waals surface area contributed by atoms with Gasteiger partial charge in [-0.3, -0.25) is 0 Å². The van der Waals surface area contributed by atoms with Crippen molar-refractivity contribution < 1.29 is 9.53 Å². The predicted octanol–water partition coefficient (Wildman–Crippen LogP) is 7.94. The van der Waals surface area contributed by atoms with E-state index in [9.17, 15) is 4.79 Å². The normalized spacial score (nSPS) is 10.3. The van der Waals surface area contributed by atoms with Gasteiger partial charge in [0.1, 0.15) is 18.6 Å². The van der Waals surface area contributed by atoms with Crippen LogP contribution in [-0.4, -0.2) is 12.3 Å². The van der Waals surface area contributed by atoms with Crippen LogP contribution in [0.1, 0.15) is 69.4 Å². The van der Waals surface area contributed by atoms with E-state index in [2.05, 4.69) is 75.6 Å². The van der Waals surface area contributed by atoms with Gasteiger partial charge in [-0.1, -0.05) is 69.2 Å². The Morgan fingerprint density at radius 2 is 1.71 bits per heavy atom. The lowest BCUT2D eigenvalue weighted by atomic mass is 10.1. The Morgan fingerprint density at radius 3 is 2.26 bits per heavy atom. The minimum absolute atomic E-state index is 0.352. The Morgan fingerprint density at radius 1 is 1.03 bits per heavy atom. The van der Waals surface area contributed by atoms with Crippen LogP contribution < -0.4 is 10.1 Å². The predicted molar refractivity (Wildman–Crippen MR) is 145 cm³/mol. The lowest BCUT2D eigenvalue weighted by Gasteiger charge is -2.05. The summed E-state index contributed by atoms with van der Waals surface area (Å²) in [5, 5.41) is 12.9. The van der Waals surface area contributed by atoms with Gasteiger partial charge in [0, 0.05) is 17.3 Å². The smallest absolute Gasteiger partial charge is 0.176 e. The number of nitrogens with zero attached hydrogens (tertiary/aromatic N) is 1. The first-order valence-electron chi connectivity index (χ1n) is 12.0. The van der Waals surface area contributed by atoms with Gasteiger partial charge in [0.15, 0.2) is 6.19 Å². The number of hydrogen-bond acceptors (Lipinski definition) is 5. The summed E-state index contributed by atoms with van der Waals surface area (Å²) < 4.78 is 5.80. The maximum absolute atomic E-state index is 9.71. The van der Waals surface area contributed by atoms with Gasteiger partial charge in [0.2, 0.25) is 0 Å². The first-order chi connectivity index (χ1) is 16.3. The Kier molecular flexibility index (Phi) is 19.0. The van der Waals surface area contributed by atoms with E-state index >= 15 is 0 Å². The summed E-state index contributed by atoms with van der Waals surface area (Å²) in [6.07, 6.45) is 6.84. The maximum atomic E-state index is 9.71. The number of benzene rings is 1. The van der Waals surface area contributed by atoms with Gasteiger partial charge in [0.05, 0.1) is 0 Å².